The van der Waals surface area contributed by atoms with Crippen molar-refractivity contribution in [1.29, 1.82) is 0 Å². The van der Waals surface area contributed by atoms with Crippen LogP contribution in [-0.2, 0) is 23.9 Å². The highest BCUT2D eigenvalue weighted by atomic mass is 16.6. The Morgan fingerprint density at radius 2 is 1.72 bits per heavy atom. The van der Waals surface area contributed by atoms with Gasteiger partial charge < -0.3 is 19.9 Å². The summed E-state index contributed by atoms with van der Waals surface area (Å²) in [5.41, 5.74) is 9.25. The molecule has 0 radical (unpaired) electrons. The summed E-state index contributed by atoms with van der Waals surface area (Å²) in [5, 5.41) is 17.9. The summed E-state index contributed by atoms with van der Waals surface area (Å²) in [6, 6.07) is -0.623. The maximum Gasteiger partial charge on any atom is 0.330 e. The maximum absolute atomic E-state index is 13.4. The maximum atomic E-state index is 13.4. The standard InChI is InChI=1S/C46H68N6O8/c1-27-25-52(40(58)49-38(27)55)36-23-30(50-51-47)31(60-36)26-59-37(54)12-10-9-11-35(53)48-34-16-17-43(6)32(42(34,4)5)15-18-45(8)33(43)14-13-28-29-24-41(2,3)19-21-46(29,39(56)57)22-20-44(28,45)7/h13,25,29-34,36H,9-12,14-24,26H2,1-8H3,(H,48,53)(H,56,57)(H,49,55,58)/t29-,30-,31+,32-,33+,34-,36+,43-,44+,45+,46-/m0/s1. The monoisotopic (exact) mass is 833 g/mol. The molecular weight excluding hydrogens is 765 g/mol. The van der Waals surface area contributed by atoms with Crippen molar-refractivity contribution in [3.8, 4) is 0 Å². The van der Waals surface area contributed by atoms with Gasteiger partial charge in [-0.25, -0.2) is 4.79 Å². The van der Waals surface area contributed by atoms with Gasteiger partial charge in [0.05, 0.1) is 11.5 Å². The van der Waals surface area contributed by atoms with E-state index in [1.54, 1.807) is 6.92 Å². The summed E-state index contributed by atoms with van der Waals surface area (Å²) in [4.78, 5) is 68.5. The van der Waals surface area contributed by atoms with E-state index in [1.165, 1.54) is 16.3 Å². The molecule has 1 aromatic rings. The first-order valence-corrected chi connectivity index (χ1v) is 22.5. The number of aliphatic carboxylic acids is 1. The van der Waals surface area contributed by atoms with E-state index in [1.807, 2.05) is 0 Å². The van der Waals surface area contributed by atoms with E-state index in [9.17, 15) is 29.1 Å². The lowest BCUT2D eigenvalue weighted by Gasteiger charge is -2.71. The highest BCUT2D eigenvalue weighted by molar-refractivity contribution is 5.77. The second-order valence-corrected chi connectivity index (χ2v) is 21.7. The third kappa shape index (κ3) is 7.35. The largest absolute Gasteiger partial charge is 0.481 e. The van der Waals surface area contributed by atoms with Crippen LogP contribution in [-0.4, -0.2) is 57.3 Å². The van der Waals surface area contributed by atoms with E-state index in [-0.39, 0.29) is 64.4 Å². The number of hydrogen-bond donors (Lipinski definition) is 3. The van der Waals surface area contributed by atoms with Crippen LogP contribution in [0.1, 0.15) is 157 Å². The van der Waals surface area contributed by atoms with Crippen molar-refractivity contribution in [2.24, 2.45) is 55.4 Å². The molecule has 1 amide bonds. The summed E-state index contributed by atoms with van der Waals surface area (Å²) in [6.45, 7) is 18.3. The minimum absolute atomic E-state index is 0.00156. The number of nitrogens with one attached hydrogen (secondary N) is 2. The number of unbranched alkanes of at least 4 members (excludes halogenated alkanes) is 1. The number of aromatic nitrogens is 2. The minimum Gasteiger partial charge on any atom is -0.481 e. The number of carbonyl (C=O) groups is 3. The molecule has 1 saturated heterocycles. The van der Waals surface area contributed by atoms with Gasteiger partial charge in [-0.05, 0) is 134 Å². The number of fused-ring (bicyclic) bond motifs is 7. The molecule has 2 heterocycles. The van der Waals surface area contributed by atoms with Crippen molar-refractivity contribution >= 4 is 17.8 Å². The highest BCUT2D eigenvalue weighted by Crippen LogP contribution is 2.75. The molecule has 11 atom stereocenters. The lowest BCUT2D eigenvalue weighted by molar-refractivity contribution is -0.192. The Morgan fingerprint density at radius 3 is 2.43 bits per heavy atom. The second kappa shape index (κ2) is 15.8. The molecule has 14 nitrogen and oxygen atoms in total. The Kier molecular flexibility index (Phi) is 11.6. The number of ether oxygens (including phenoxy) is 2. The first kappa shape index (κ1) is 44.2. The molecule has 5 fully saturated rings. The van der Waals surface area contributed by atoms with Crippen LogP contribution in [0.5, 0.6) is 0 Å². The molecule has 0 spiro atoms. The molecule has 5 aliphatic carbocycles. The highest BCUT2D eigenvalue weighted by Gasteiger charge is 2.69. The molecule has 3 N–H and O–H groups in total. The van der Waals surface area contributed by atoms with Crippen LogP contribution in [0.2, 0.25) is 0 Å². The zero-order chi connectivity index (χ0) is 43.6. The minimum atomic E-state index is -0.794. The number of rotatable bonds is 11. The Morgan fingerprint density at radius 1 is 1.00 bits per heavy atom. The van der Waals surface area contributed by atoms with E-state index in [2.05, 4.69) is 74.9 Å². The van der Waals surface area contributed by atoms with Crippen molar-refractivity contribution in [2.45, 2.75) is 176 Å². The van der Waals surface area contributed by atoms with Crippen molar-refractivity contribution in [3.63, 3.8) is 0 Å². The first-order valence-electron chi connectivity index (χ1n) is 22.5. The van der Waals surface area contributed by atoms with Gasteiger partial charge in [0.2, 0.25) is 5.91 Å². The van der Waals surface area contributed by atoms with Crippen LogP contribution in [0.3, 0.4) is 0 Å². The number of allylic oxidation sites excluding steroid dienone is 2. The zero-order valence-corrected chi connectivity index (χ0v) is 37.1. The molecule has 60 heavy (non-hydrogen) atoms. The lowest BCUT2D eigenvalue weighted by Crippen LogP contribution is -2.66. The number of azide groups is 1. The van der Waals surface area contributed by atoms with Crippen molar-refractivity contribution in [1.82, 2.24) is 14.9 Å². The first-order chi connectivity index (χ1) is 28.1. The van der Waals surface area contributed by atoms with Gasteiger partial charge in [-0.3, -0.25) is 28.7 Å². The Bertz CT molecular complexity index is 2080. The van der Waals surface area contributed by atoms with Gasteiger partial charge in [-0.2, -0.15) is 0 Å². The normalized spacial score (nSPS) is 38.7. The number of hydrogen-bond acceptors (Lipinski definition) is 8. The Labute approximate surface area is 353 Å². The van der Waals surface area contributed by atoms with Gasteiger partial charge in [0.15, 0.2) is 0 Å². The van der Waals surface area contributed by atoms with Gasteiger partial charge in [0.25, 0.3) is 5.56 Å². The molecule has 0 bridgehead atoms. The number of aryl methyl sites for hydroxylation is 1. The van der Waals surface area contributed by atoms with Gasteiger partial charge in [0.1, 0.15) is 18.9 Å². The van der Waals surface area contributed by atoms with Gasteiger partial charge in [0, 0.05) is 42.0 Å². The van der Waals surface area contributed by atoms with Crippen molar-refractivity contribution in [2.75, 3.05) is 6.61 Å². The van der Waals surface area contributed by atoms with E-state index in [4.69, 9.17) is 15.0 Å². The zero-order valence-electron chi connectivity index (χ0n) is 37.1. The van der Waals surface area contributed by atoms with E-state index < -0.39 is 47.0 Å². The summed E-state index contributed by atoms with van der Waals surface area (Å²) < 4.78 is 12.7. The van der Waals surface area contributed by atoms with E-state index in [0.29, 0.717) is 36.7 Å². The van der Waals surface area contributed by atoms with Gasteiger partial charge >= 0.3 is 17.6 Å². The quantitative estimate of drug-likeness (QED) is 0.0493. The van der Waals surface area contributed by atoms with Crippen LogP contribution < -0.4 is 16.6 Å². The number of aromatic amines is 1. The number of esters is 1. The molecular formula is C46H68N6O8. The van der Waals surface area contributed by atoms with Crippen LogP contribution in [0.25, 0.3) is 10.4 Å². The molecule has 4 saturated carbocycles. The number of H-pyrrole nitrogens is 1. The summed E-state index contributed by atoms with van der Waals surface area (Å²) in [5.74, 6) is -0.0303. The van der Waals surface area contributed by atoms with Crippen molar-refractivity contribution < 1.29 is 29.0 Å². The molecule has 0 aromatic carbocycles. The fourth-order valence-electron chi connectivity index (χ4n) is 14.0. The fraction of sp³-hybridized carbons (Fsp3) is 0.804. The SMILES string of the molecule is Cc1cn([C@H]2C[C@H](N=[N+]=[N-])[C@@H](COC(=O)CCCCC(=O)N[C@H]3CC[C@]4(C)[C@H]5CC=C6[C@@H]7CC(C)(C)CC[C@]7(C(=O)O)CC[C@@]6(C)[C@]5(C)CC[C@H]4C3(C)C)O2)c(=O)[nH]c1=O. The van der Waals surface area contributed by atoms with Gasteiger partial charge in [-0.15, -0.1) is 0 Å². The predicted molar refractivity (Wildman–Crippen MR) is 226 cm³/mol. The third-order valence-corrected chi connectivity index (χ3v) is 17.7. The average molecular weight is 833 g/mol. The Hall–Kier alpha value is -3.90. The van der Waals surface area contributed by atoms with E-state index >= 15 is 0 Å². The van der Waals surface area contributed by atoms with Gasteiger partial charge in [-0.1, -0.05) is 65.2 Å². The summed E-state index contributed by atoms with van der Waals surface area (Å²) in [6.07, 6.45) is 13.5. The lowest BCUT2D eigenvalue weighted by atomic mass is 9.33. The predicted octanol–water partition coefficient (Wildman–Crippen LogP) is 8.29. The van der Waals surface area contributed by atoms with Crippen molar-refractivity contribution in [3.05, 3.63) is 54.7 Å². The Balaban J connectivity index is 0.919. The van der Waals surface area contributed by atoms with Crippen LogP contribution in [0.4, 0.5) is 0 Å². The number of carbonyl (C=O) groups excluding carboxylic acids is 2. The molecule has 14 heteroatoms. The number of nitrogens with zero attached hydrogens (tertiary/aromatic N) is 4. The molecule has 1 aliphatic heterocycles. The topological polar surface area (TPSA) is 206 Å². The van der Waals surface area contributed by atoms with Crippen LogP contribution in [0, 0.1) is 57.2 Å². The van der Waals surface area contributed by atoms with Crippen LogP contribution >= 0.6 is 0 Å². The fourth-order valence-corrected chi connectivity index (χ4v) is 14.0. The van der Waals surface area contributed by atoms with E-state index in [0.717, 1.165) is 64.2 Å². The molecule has 1 aromatic heterocycles. The molecule has 0 unspecified atom stereocenters. The summed E-state index contributed by atoms with van der Waals surface area (Å²) in [7, 11) is 0. The number of carboxylic acid groups (broad SMARTS) is 1. The number of carboxylic acids is 1. The summed E-state index contributed by atoms with van der Waals surface area (Å²) >= 11 is 0. The molecule has 330 valence electrons. The second-order valence-electron chi connectivity index (χ2n) is 21.7. The van der Waals surface area contributed by atoms with Crippen LogP contribution in [0.15, 0.2) is 32.5 Å². The molecule has 6 aliphatic rings. The smallest absolute Gasteiger partial charge is 0.330 e. The number of amides is 1. The molecule has 7 rings (SSSR count). The third-order valence-electron chi connectivity index (χ3n) is 17.7. The average Bonchev–Trinajstić information content (AvgIpc) is 3.57.